The molecule has 140 valence electrons. The smallest absolute Gasteiger partial charge is 0.191 e. The first kappa shape index (κ1) is 22.3. The van der Waals surface area contributed by atoms with Crippen molar-refractivity contribution in [1.82, 2.24) is 20.5 Å². The fraction of sp³-hybridized carbons (Fsp3) is 0.529. The van der Waals surface area contributed by atoms with Crippen molar-refractivity contribution >= 4 is 52.6 Å². The number of aliphatic imine (C=N–C) groups is 1. The molecule has 0 spiro atoms. The van der Waals surface area contributed by atoms with Gasteiger partial charge in [0.25, 0.3) is 0 Å². The highest BCUT2D eigenvalue weighted by molar-refractivity contribution is 14.0. The van der Waals surface area contributed by atoms with Crippen LogP contribution in [0.3, 0.4) is 0 Å². The number of halogens is 1. The third kappa shape index (κ3) is 7.59. The molecule has 2 rings (SSSR count). The van der Waals surface area contributed by atoms with E-state index in [2.05, 4.69) is 64.4 Å². The zero-order valence-corrected chi connectivity index (χ0v) is 19.2. The zero-order chi connectivity index (χ0) is 17.4. The van der Waals surface area contributed by atoms with Gasteiger partial charge in [-0.25, -0.2) is 4.98 Å². The van der Waals surface area contributed by atoms with Gasteiger partial charge in [-0.1, -0.05) is 6.07 Å². The molecule has 25 heavy (non-hydrogen) atoms. The van der Waals surface area contributed by atoms with E-state index in [0.717, 1.165) is 42.7 Å². The summed E-state index contributed by atoms with van der Waals surface area (Å²) in [6.07, 6.45) is 0.913. The minimum Gasteiger partial charge on any atom is -0.357 e. The first-order chi connectivity index (χ1) is 11.6. The number of nitrogens with one attached hydrogen (secondary N) is 2. The molecule has 0 saturated carbocycles. The molecule has 0 saturated heterocycles. The van der Waals surface area contributed by atoms with E-state index >= 15 is 0 Å². The second-order valence-corrected chi connectivity index (χ2v) is 7.79. The van der Waals surface area contributed by atoms with Gasteiger partial charge in [0.15, 0.2) is 5.96 Å². The standard InChI is InChI=1S/C17H27N5S2.HI/c1-5-18-17(19-9-8-14-12-24-13(2)21-14)20-11-15(22(3)4)16-7-6-10-23-16;/h6-7,10,12,15H,5,8-9,11H2,1-4H3,(H2,18,19,20);1H. The average Bonchev–Trinajstić information content (AvgIpc) is 3.19. The molecule has 0 aliphatic heterocycles. The van der Waals surface area contributed by atoms with Crippen LogP contribution in [0.25, 0.3) is 0 Å². The summed E-state index contributed by atoms with van der Waals surface area (Å²) < 4.78 is 0. The van der Waals surface area contributed by atoms with Gasteiger partial charge in [-0.15, -0.1) is 46.7 Å². The van der Waals surface area contributed by atoms with Gasteiger partial charge in [0.1, 0.15) is 0 Å². The Morgan fingerprint density at radius 3 is 2.68 bits per heavy atom. The quantitative estimate of drug-likeness (QED) is 0.336. The molecular formula is C17H28IN5S2. The SMILES string of the molecule is CCNC(=NCC(c1cccs1)N(C)C)NCCc1csc(C)n1.I. The van der Waals surface area contributed by atoms with Gasteiger partial charge in [-0.2, -0.15) is 0 Å². The van der Waals surface area contributed by atoms with Crippen LogP contribution in [-0.2, 0) is 6.42 Å². The Balaban J connectivity index is 0.00000312. The number of thiophene rings is 1. The Morgan fingerprint density at radius 2 is 2.12 bits per heavy atom. The highest BCUT2D eigenvalue weighted by atomic mass is 127. The number of aromatic nitrogens is 1. The van der Waals surface area contributed by atoms with E-state index in [4.69, 9.17) is 4.99 Å². The third-order valence-corrected chi connectivity index (χ3v) is 5.40. The molecule has 2 heterocycles. The molecule has 2 aromatic heterocycles. The van der Waals surface area contributed by atoms with Crippen LogP contribution in [0.4, 0.5) is 0 Å². The van der Waals surface area contributed by atoms with Crippen LogP contribution in [0, 0.1) is 6.92 Å². The highest BCUT2D eigenvalue weighted by Gasteiger charge is 2.14. The molecule has 0 aliphatic carbocycles. The van der Waals surface area contributed by atoms with Crippen molar-refractivity contribution < 1.29 is 0 Å². The number of guanidine groups is 1. The molecule has 0 bridgehead atoms. The van der Waals surface area contributed by atoms with Gasteiger partial charge in [0.05, 0.1) is 23.3 Å². The lowest BCUT2D eigenvalue weighted by Crippen LogP contribution is -2.39. The number of rotatable bonds is 8. The van der Waals surface area contributed by atoms with E-state index in [9.17, 15) is 0 Å². The number of hydrogen-bond donors (Lipinski definition) is 2. The Hall–Kier alpha value is -0.710. The van der Waals surface area contributed by atoms with Crippen LogP contribution in [-0.4, -0.2) is 49.6 Å². The minimum atomic E-state index is 0. The van der Waals surface area contributed by atoms with E-state index in [1.54, 1.807) is 22.7 Å². The topological polar surface area (TPSA) is 52.6 Å². The summed E-state index contributed by atoms with van der Waals surface area (Å²) in [5, 5.41) is 12.1. The van der Waals surface area contributed by atoms with Gasteiger partial charge < -0.3 is 15.5 Å². The van der Waals surface area contributed by atoms with Crippen molar-refractivity contribution in [1.29, 1.82) is 0 Å². The molecule has 2 aromatic rings. The van der Waals surface area contributed by atoms with Crippen LogP contribution in [0.5, 0.6) is 0 Å². The fourth-order valence-electron chi connectivity index (χ4n) is 2.34. The molecule has 0 radical (unpaired) electrons. The fourth-order valence-corrected chi connectivity index (χ4v) is 3.90. The summed E-state index contributed by atoms with van der Waals surface area (Å²) in [4.78, 5) is 12.8. The van der Waals surface area contributed by atoms with E-state index in [0.29, 0.717) is 6.04 Å². The van der Waals surface area contributed by atoms with Gasteiger partial charge in [-0.3, -0.25) is 4.99 Å². The van der Waals surface area contributed by atoms with Crippen molar-refractivity contribution in [3.8, 4) is 0 Å². The third-order valence-electron chi connectivity index (χ3n) is 3.60. The molecule has 5 nitrogen and oxygen atoms in total. The average molecular weight is 493 g/mol. The van der Waals surface area contributed by atoms with Gasteiger partial charge >= 0.3 is 0 Å². The zero-order valence-electron chi connectivity index (χ0n) is 15.3. The predicted octanol–water partition coefficient (Wildman–Crippen LogP) is 3.53. The summed E-state index contributed by atoms with van der Waals surface area (Å²) in [6.45, 7) is 6.55. The number of nitrogens with zero attached hydrogens (tertiary/aromatic N) is 3. The van der Waals surface area contributed by atoms with E-state index in [1.165, 1.54) is 4.88 Å². The number of likely N-dealkylation sites (N-methyl/N-ethyl adjacent to an activating group) is 1. The molecule has 2 N–H and O–H groups in total. The van der Waals surface area contributed by atoms with Crippen molar-refractivity contribution in [3.63, 3.8) is 0 Å². The van der Waals surface area contributed by atoms with Crippen LogP contribution in [0.1, 0.15) is 28.5 Å². The first-order valence-electron chi connectivity index (χ1n) is 8.23. The van der Waals surface area contributed by atoms with Gasteiger partial charge in [-0.05, 0) is 39.4 Å². The Kier molecular flexibility index (Phi) is 10.6. The van der Waals surface area contributed by atoms with Crippen LogP contribution < -0.4 is 10.6 Å². The number of aryl methyl sites for hydroxylation is 1. The van der Waals surface area contributed by atoms with Crippen molar-refractivity contribution in [3.05, 3.63) is 38.5 Å². The van der Waals surface area contributed by atoms with Crippen LogP contribution >= 0.6 is 46.7 Å². The molecule has 1 unspecified atom stereocenters. The molecule has 0 aromatic carbocycles. The summed E-state index contributed by atoms with van der Waals surface area (Å²) in [5.74, 6) is 0.868. The van der Waals surface area contributed by atoms with E-state index < -0.39 is 0 Å². The summed E-state index contributed by atoms with van der Waals surface area (Å²) in [6, 6.07) is 4.58. The maximum absolute atomic E-state index is 4.77. The van der Waals surface area contributed by atoms with Crippen LogP contribution in [0.2, 0.25) is 0 Å². The molecule has 1 atom stereocenters. The monoisotopic (exact) mass is 493 g/mol. The molecule has 0 amide bonds. The normalized spacial score (nSPS) is 12.8. The molecule has 0 fully saturated rings. The Morgan fingerprint density at radius 1 is 1.32 bits per heavy atom. The van der Waals surface area contributed by atoms with Gasteiger partial charge in [0.2, 0.25) is 0 Å². The summed E-state index contributed by atoms with van der Waals surface area (Å²) >= 11 is 3.48. The minimum absolute atomic E-state index is 0. The maximum atomic E-state index is 4.77. The Bertz CT molecular complexity index is 625. The predicted molar refractivity (Wildman–Crippen MR) is 121 cm³/mol. The molecule has 8 heteroatoms. The van der Waals surface area contributed by atoms with Crippen molar-refractivity contribution in [2.45, 2.75) is 26.3 Å². The maximum Gasteiger partial charge on any atom is 0.191 e. The lowest BCUT2D eigenvalue weighted by Gasteiger charge is -2.22. The summed E-state index contributed by atoms with van der Waals surface area (Å²) in [7, 11) is 4.20. The summed E-state index contributed by atoms with van der Waals surface area (Å²) in [5.41, 5.74) is 1.14. The first-order valence-corrected chi connectivity index (χ1v) is 9.99. The second kappa shape index (κ2) is 11.8. The second-order valence-electron chi connectivity index (χ2n) is 5.75. The largest absolute Gasteiger partial charge is 0.357 e. The lowest BCUT2D eigenvalue weighted by molar-refractivity contribution is 0.310. The van der Waals surface area contributed by atoms with Crippen molar-refractivity contribution in [2.24, 2.45) is 4.99 Å². The number of hydrogen-bond acceptors (Lipinski definition) is 5. The van der Waals surface area contributed by atoms with Crippen molar-refractivity contribution in [2.75, 3.05) is 33.7 Å². The van der Waals surface area contributed by atoms with Gasteiger partial charge in [0, 0.05) is 29.8 Å². The lowest BCUT2D eigenvalue weighted by atomic mass is 10.2. The molecule has 0 aliphatic rings. The van der Waals surface area contributed by atoms with Crippen LogP contribution in [0.15, 0.2) is 27.9 Å². The number of thiazole rings is 1. The highest BCUT2D eigenvalue weighted by Crippen LogP contribution is 2.23. The van der Waals surface area contributed by atoms with E-state index in [1.807, 2.05) is 6.92 Å². The molecular weight excluding hydrogens is 465 g/mol. The Labute approximate surface area is 176 Å². The van der Waals surface area contributed by atoms with E-state index in [-0.39, 0.29) is 24.0 Å².